The monoisotopic (exact) mass is 375 g/mol. The molecule has 2 aromatic rings. The SMILES string of the molecule is CC(C)(C)C(NC(=O)CCc1ccccc1C(=O)O)c1ccc(F)cc1F. The number of aryl methyl sites for hydroxylation is 1. The third kappa shape index (κ3) is 5.36. The fourth-order valence-electron chi connectivity index (χ4n) is 2.92. The molecule has 0 aliphatic rings. The summed E-state index contributed by atoms with van der Waals surface area (Å²) in [6.07, 6.45) is 0.302. The lowest BCUT2D eigenvalue weighted by molar-refractivity contribution is -0.122. The number of amides is 1. The summed E-state index contributed by atoms with van der Waals surface area (Å²) in [5.74, 6) is -2.78. The molecule has 0 radical (unpaired) electrons. The first kappa shape index (κ1) is 20.6. The second-order valence-corrected chi connectivity index (χ2v) is 7.49. The maximum absolute atomic E-state index is 14.2. The number of hydrogen-bond donors (Lipinski definition) is 2. The second kappa shape index (κ2) is 8.29. The van der Waals surface area contributed by atoms with Gasteiger partial charge in [-0.25, -0.2) is 13.6 Å². The molecule has 0 aliphatic carbocycles. The molecule has 0 saturated heterocycles. The van der Waals surface area contributed by atoms with Crippen LogP contribution < -0.4 is 5.32 Å². The second-order valence-electron chi connectivity index (χ2n) is 7.49. The number of carboxylic acids is 1. The highest BCUT2D eigenvalue weighted by atomic mass is 19.1. The van der Waals surface area contributed by atoms with E-state index in [1.165, 1.54) is 12.1 Å². The summed E-state index contributed by atoms with van der Waals surface area (Å²) >= 11 is 0. The van der Waals surface area contributed by atoms with Crippen LogP contribution in [0.25, 0.3) is 0 Å². The first-order chi connectivity index (χ1) is 12.6. The van der Waals surface area contributed by atoms with Crippen LogP contribution in [0.3, 0.4) is 0 Å². The fraction of sp³-hybridized carbons (Fsp3) is 0.333. The van der Waals surface area contributed by atoms with Gasteiger partial charge in [0.1, 0.15) is 11.6 Å². The summed E-state index contributed by atoms with van der Waals surface area (Å²) in [7, 11) is 0. The van der Waals surface area contributed by atoms with Crippen molar-refractivity contribution < 1.29 is 23.5 Å². The molecule has 0 bridgehead atoms. The van der Waals surface area contributed by atoms with Gasteiger partial charge in [-0.15, -0.1) is 0 Å². The molecule has 144 valence electrons. The zero-order valence-corrected chi connectivity index (χ0v) is 15.6. The van der Waals surface area contributed by atoms with Crippen LogP contribution in [0.2, 0.25) is 0 Å². The van der Waals surface area contributed by atoms with Gasteiger partial charge >= 0.3 is 5.97 Å². The number of rotatable bonds is 6. The van der Waals surface area contributed by atoms with E-state index in [1.807, 2.05) is 20.8 Å². The molecular weight excluding hydrogens is 352 g/mol. The molecule has 27 heavy (non-hydrogen) atoms. The number of benzene rings is 2. The highest BCUT2D eigenvalue weighted by molar-refractivity contribution is 5.89. The van der Waals surface area contributed by atoms with Crippen molar-refractivity contribution in [3.63, 3.8) is 0 Å². The molecule has 0 heterocycles. The van der Waals surface area contributed by atoms with Gasteiger partial charge in [0.15, 0.2) is 0 Å². The molecule has 0 saturated carbocycles. The van der Waals surface area contributed by atoms with E-state index in [0.717, 1.165) is 12.1 Å². The summed E-state index contributed by atoms with van der Waals surface area (Å²) < 4.78 is 27.4. The summed E-state index contributed by atoms with van der Waals surface area (Å²) in [6, 6.07) is 9.13. The number of carbonyl (C=O) groups excluding carboxylic acids is 1. The molecule has 0 fully saturated rings. The first-order valence-electron chi connectivity index (χ1n) is 8.65. The average molecular weight is 375 g/mol. The van der Waals surface area contributed by atoms with Crippen molar-refractivity contribution in [2.45, 2.75) is 39.7 Å². The van der Waals surface area contributed by atoms with E-state index >= 15 is 0 Å². The van der Waals surface area contributed by atoms with Crippen LogP contribution in [-0.4, -0.2) is 17.0 Å². The molecule has 2 aromatic carbocycles. The molecule has 6 heteroatoms. The zero-order valence-electron chi connectivity index (χ0n) is 15.6. The van der Waals surface area contributed by atoms with E-state index in [9.17, 15) is 23.5 Å². The number of carboxylic acid groups (broad SMARTS) is 1. The number of aromatic carboxylic acids is 1. The van der Waals surface area contributed by atoms with Crippen molar-refractivity contribution in [3.05, 3.63) is 70.8 Å². The molecule has 1 amide bonds. The molecule has 0 aromatic heterocycles. The van der Waals surface area contributed by atoms with Gasteiger partial charge in [0.05, 0.1) is 11.6 Å². The maximum Gasteiger partial charge on any atom is 0.335 e. The lowest BCUT2D eigenvalue weighted by Crippen LogP contribution is -2.37. The average Bonchev–Trinajstić information content (AvgIpc) is 2.57. The summed E-state index contributed by atoms with van der Waals surface area (Å²) in [5, 5.41) is 12.0. The Morgan fingerprint density at radius 3 is 2.37 bits per heavy atom. The van der Waals surface area contributed by atoms with Crippen LogP contribution in [0.1, 0.15) is 54.7 Å². The van der Waals surface area contributed by atoms with Gasteiger partial charge in [-0.3, -0.25) is 4.79 Å². The van der Waals surface area contributed by atoms with Crippen LogP contribution in [0.15, 0.2) is 42.5 Å². The van der Waals surface area contributed by atoms with E-state index in [1.54, 1.807) is 18.2 Å². The smallest absolute Gasteiger partial charge is 0.335 e. The topological polar surface area (TPSA) is 66.4 Å². The Kier molecular flexibility index (Phi) is 6.31. The van der Waals surface area contributed by atoms with Gasteiger partial charge in [-0.05, 0) is 29.5 Å². The Labute approximate surface area is 157 Å². The van der Waals surface area contributed by atoms with Crippen molar-refractivity contribution in [1.29, 1.82) is 0 Å². The van der Waals surface area contributed by atoms with Gasteiger partial charge in [0.25, 0.3) is 0 Å². The van der Waals surface area contributed by atoms with Gasteiger partial charge < -0.3 is 10.4 Å². The molecule has 1 unspecified atom stereocenters. The molecule has 4 nitrogen and oxygen atoms in total. The molecule has 0 aliphatic heterocycles. The predicted octanol–water partition coefficient (Wildman–Crippen LogP) is 4.50. The Balaban J connectivity index is 2.15. The van der Waals surface area contributed by atoms with E-state index in [0.29, 0.717) is 5.56 Å². The van der Waals surface area contributed by atoms with E-state index in [2.05, 4.69) is 5.32 Å². The lowest BCUT2D eigenvalue weighted by Gasteiger charge is -2.32. The standard InChI is InChI=1S/C21H23F2NO3/c1-21(2,3)19(16-10-9-14(22)12-17(16)23)24-18(25)11-8-13-6-4-5-7-15(13)20(26)27/h4-7,9-10,12,19H,8,11H2,1-3H3,(H,24,25)(H,26,27). The minimum atomic E-state index is -1.05. The normalized spacial score (nSPS) is 12.5. The molecule has 2 N–H and O–H groups in total. The minimum Gasteiger partial charge on any atom is -0.478 e. The fourth-order valence-corrected chi connectivity index (χ4v) is 2.92. The maximum atomic E-state index is 14.2. The zero-order chi connectivity index (χ0) is 20.2. The number of halogens is 2. The van der Waals surface area contributed by atoms with Gasteiger partial charge in [0.2, 0.25) is 5.91 Å². The summed E-state index contributed by atoms with van der Waals surface area (Å²) in [6.45, 7) is 5.54. The van der Waals surface area contributed by atoms with Crippen molar-refractivity contribution in [3.8, 4) is 0 Å². The van der Waals surface area contributed by atoms with E-state index in [-0.39, 0.29) is 29.9 Å². The van der Waals surface area contributed by atoms with E-state index < -0.39 is 29.1 Å². The summed E-state index contributed by atoms with van der Waals surface area (Å²) in [5.41, 5.74) is 0.415. The third-order valence-electron chi connectivity index (χ3n) is 4.31. The quantitative estimate of drug-likeness (QED) is 0.781. The number of nitrogens with one attached hydrogen (secondary N) is 1. The van der Waals surface area contributed by atoms with Crippen LogP contribution >= 0.6 is 0 Å². The molecular formula is C21H23F2NO3. The minimum absolute atomic E-state index is 0.0552. The van der Waals surface area contributed by atoms with Crippen LogP contribution in [0.4, 0.5) is 8.78 Å². The van der Waals surface area contributed by atoms with Gasteiger partial charge in [-0.1, -0.05) is 45.0 Å². The van der Waals surface area contributed by atoms with Crippen molar-refractivity contribution >= 4 is 11.9 Å². The molecule has 2 rings (SSSR count). The molecule has 0 spiro atoms. The van der Waals surface area contributed by atoms with Gasteiger partial charge in [-0.2, -0.15) is 0 Å². The lowest BCUT2D eigenvalue weighted by atomic mass is 9.82. The Morgan fingerprint density at radius 2 is 1.78 bits per heavy atom. The third-order valence-corrected chi connectivity index (χ3v) is 4.31. The highest BCUT2D eigenvalue weighted by Gasteiger charge is 2.30. The van der Waals surface area contributed by atoms with Crippen LogP contribution in [-0.2, 0) is 11.2 Å². The summed E-state index contributed by atoms with van der Waals surface area (Å²) in [4.78, 5) is 23.7. The predicted molar refractivity (Wildman–Crippen MR) is 98.4 cm³/mol. The van der Waals surface area contributed by atoms with Gasteiger partial charge in [0, 0.05) is 18.1 Å². The Bertz CT molecular complexity index is 844. The Morgan fingerprint density at radius 1 is 1.11 bits per heavy atom. The largest absolute Gasteiger partial charge is 0.478 e. The van der Waals surface area contributed by atoms with Crippen LogP contribution in [0, 0.1) is 17.0 Å². The van der Waals surface area contributed by atoms with Crippen molar-refractivity contribution in [2.24, 2.45) is 5.41 Å². The Hall–Kier alpha value is -2.76. The number of hydrogen-bond acceptors (Lipinski definition) is 2. The van der Waals surface area contributed by atoms with E-state index in [4.69, 9.17) is 0 Å². The van der Waals surface area contributed by atoms with Crippen molar-refractivity contribution in [1.82, 2.24) is 5.32 Å². The number of carbonyl (C=O) groups is 2. The highest BCUT2D eigenvalue weighted by Crippen LogP contribution is 2.34. The molecule has 1 atom stereocenters. The van der Waals surface area contributed by atoms with Crippen molar-refractivity contribution in [2.75, 3.05) is 0 Å². The van der Waals surface area contributed by atoms with Crippen LogP contribution in [0.5, 0.6) is 0 Å². The first-order valence-corrected chi connectivity index (χ1v) is 8.65.